The number of rotatable bonds is 6. The Balaban J connectivity index is 1.30. The topological polar surface area (TPSA) is 44.9 Å². The van der Waals surface area contributed by atoms with Gasteiger partial charge in [-0.15, -0.1) is 11.8 Å². The zero-order chi connectivity index (χ0) is 18.5. The number of hydrogen-bond acceptors (Lipinski definition) is 2. The Hall–Kier alpha value is -2.98. The zero-order valence-corrected chi connectivity index (χ0v) is 15.6. The Kier molecular flexibility index (Phi) is 5.26. The minimum absolute atomic E-state index is 0.0332. The van der Waals surface area contributed by atoms with Crippen molar-refractivity contribution in [2.24, 2.45) is 0 Å². The molecule has 0 spiro atoms. The van der Waals surface area contributed by atoms with Crippen molar-refractivity contribution >= 4 is 28.6 Å². The number of nitrogens with one attached hydrogen (secondary N) is 2. The molecule has 2 N–H and O–H groups in total. The number of H-pyrrole nitrogens is 1. The van der Waals surface area contributed by atoms with E-state index in [1.165, 1.54) is 10.3 Å². The maximum atomic E-state index is 12.3. The van der Waals surface area contributed by atoms with Gasteiger partial charge in [-0.2, -0.15) is 0 Å². The first-order chi connectivity index (χ1) is 13.3. The molecule has 1 heterocycles. The third-order valence-corrected chi connectivity index (χ3v) is 5.51. The van der Waals surface area contributed by atoms with Crippen LogP contribution in [0.4, 0.5) is 0 Å². The molecule has 4 heteroatoms. The van der Waals surface area contributed by atoms with Gasteiger partial charge in [-0.25, -0.2) is 0 Å². The lowest BCUT2D eigenvalue weighted by Gasteiger charge is -2.06. The maximum Gasteiger partial charge on any atom is 0.251 e. The molecule has 0 saturated heterocycles. The van der Waals surface area contributed by atoms with Gasteiger partial charge in [0.2, 0.25) is 0 Å². The molecule has 0 aliphatic rings. The number of carbonyl (C=O) groups is 1. The fourth-order valence-corrected chi connectivity index (χ4v) is 3.94. The largest absolute Gasteiger partial charge is 0.360 e. The number of thioether (sulfide) groups is 1. The lowest BCUT2D eigenvalue weighted by molar-refractivity contribution is 0.0956. The smallest absolute Gasteiger partial charge is 0.251 e. The van der Waals surface area contributed by atoms with Crippen LogP contribution in [0.5, 0.6) is 0 Å². The standard InChI is InChI=1S/C23H20N2OS/c26-23(19-12-10-18(11-13-19)17-6-2-1-3-7-17)24-14-15-27-22-16-25-21-9-5-4-8-20(21)22/h1-13,16,25H,14-15H2,(H,24,26). The van der Waals surface area contributed by atoms with Crippen molar-refractivity contribution in [1.29, 1.82) is 0 Å². The lowest BCUT2D eigenvalue weighted by Crippen LogP contribution is -2.25. The number of carbonyl (C=O) groups excluding carboxylic acids is 1. The number of para-hydroxylation sites is 1. The predicted molar refractivity (Wildman–Crippen MR) is 113 cm³/mol. The van der Waals surface area contributed by atoms with E-state index in [1.807, 2.05) is 60.8 Å². The van der Waals surface area contributed by atoms with E-state index in [2.05, 4.69) is 34.6 Å². The van der Waals surface area contributed by atoms with Gasteiger partial charge in [0.1, 0.15) is 0 Å². The first-order valence-electron chi connectivity index (χ1n) is 8.94. The number of amides is 1. The Bertz CT molecular complexity index is 1040. The molecule has 0 fully saturated rings. The van der Waals surface area contributed by atoms with Crippen LogP contribution in [-0.4, -0.2) is 23.2 Å². The molecular formula is C23H20N2OS. The van der Waals surface area contributed by atoms with E-state index in [9.17, 15) is 4.79 Å². The summed E-state index contributed by atoms with van der Waals surface area (Å²) in [5.41, 5.74) is 4.09. The number of fused-ring (bicyclic) bond motifs is 1. The van der Waals surface area contributed by atoms with Crippen LogP contribution in [0.25, 0.3) is 22.0 Å². The molecule has 0 atom stereocenters. The first kappa shape index (κ1) is 17.4. The van der Waals surface area contributed by atoms with Crippen molar-refractivity contribution in [1.82, 2.24) is 10.3 Å². The van der Waals surface area contributed by atoms with E-state index in [-0.39, 0.29) is 5.91 Å². The zero-order valence-electron chi connectivity index (χ0n) is 14.8. The van der Waals surface area contributed by atoms with Gasteiger partial charge in [0.15, 0.2) is 0 Å². The molecular weight excluding hydrogens is 352 g/mol. The van der Waals surface area contributed by atoms with Crippen LogP contribution in [0, 0.1) is 0 Å². The number of aromatic nitrogens is 1. The Morgan fingerprint density at radius 1 is 0.852 bits per heavy atom. The first-order valence-corrected chi connectivity index (χ1v) is 9.92. The molecule has 0 saturated carbocycles. The molecule has 0 unspecified atom stereocenters. The molecule has 4 rings (SSSR count). The number of aromatic amines is 1. The summed E-state index contributed by atoms with van der Waals surface area (Å²) in [6.45, 7) is 0.628. The highest BCUT2D eigenvalue weighted by molar-refractivity contribution is 7.99. The molecule has 27 heavy (non-hydrogen) atoms. The Morgan fingerprint density at radius 2 is 1.56 bits per heavy atom. The lowest BCUT2D eigenvalue weighted by atomic mass is 10.0. The van der Waals surface area contributed by atoms with E-state index in [1.54, 1.807) is 11.8 Å². The minimum atomic E-state index is -0.0332. The summed E-state index contributed by atoms with van der Waals surface area (Å²) in [6, 6.07) is 26.2. The highest BCUT2D eigenvalue weighted by Gasteiger charge is 2.07. The summed E-state index contributed by atoms with van der Waals surface area (Å²) in [5.74, 6) is 0.796. The van der Waals surface area contributed by atoms with E-state index in [0.29, 0.717) is 12.1 Å². The molecule has 3 aromatic carbocycles. The van der Waals surface area contributed by atoms with E-state index < -0.39 is 0 Å². The van der Waals surface area contributed by atoms with Gasteiger partial charge in [0, 0.05) is 39.9 Å². The van der Waals surface area contributed by atoms with Crippen molar-refractivity contribution in [3.63, 3.8) is 0 Å². The second-order valence-electron chi connectivity index (χ2n) is 6.25. The highest BCUT2D eigenvalue weighted by Crippen LogP contribution is 2.27. The average molecular weight is 372 g/mol. The van der Waals surface area contributed by atoms with Gasteiger partial charge in [-0.05, 0) is 29.3 Å². The monoisotopic (exact) mass is 372 g/mol. The SMILES string of the molecule is O=C(NCCSc1c[nH]c2ccccc12)c1ccc(-c2ccccc2)cc1. The second kappa shape index (κ2) is 8.14. The van der Waals surface area contributed by atoms with Crippen LogP contribution >= 0.6 is 11.8 Å². The Labute approximate surface area is 162 Å². The second-order valence-corrected chi connectivity index (χ2v) is 7.38. The van der Waals surface area contributed by atoms with Gasteiger partial charge in [0.05, 0.1) is 0 Å². The van der Waals surface area contributed by atoms with Crippen molar-refractivity contribution in [3.8, 4) is 11.1 Å². The summed E-state index contributed by atoms with van der Waals surface area (Å²) in [4.78, 5) is 16.8. The van der Waals surface area contributed by atoms with Crippen molar-refractivity contribution in [2.45, 2.75) is 4.90 Å². The van der Waals surface area contributed by atoms with Crippen LogP contribution in [0.1, 0.15) is 10.4 Å². The molecule has 1 aromatic heterocycles. The summed E-state index contributed by atoms with van der Waals surface area (Å²) >= 11 is 1.75. The van der Waals surface area contributed by atoms with Crippen LogP contribution in [-0.2, 0) is 0 Å². The normalized spacial score (nSPS) is 10.8. The van der Waals surface area contributed by atoms with E-state index >= 15 is 0 Å². The Morgan fingerprint density at radius 3 is 2.37 bits per heavy atom. The number of hydrogen-bond donors (Lipinski definition) is 2. The maximum absolute atomic E-state index is 12.3. The summed E-state index contributed by atoms with van der Waals surface area (Å²) in [5, 5.41) is 4.23. The average Bonchev–Trinajstić information content (AvgIpc) is 3.15. The summed E-state index contributed by atoms with van der Waals surface area (Å²) in [7, 11) is 0. The molecule has 4 aromatic rings. The summed E-state index contributed by atoms with van der Waals surface area (Å²) in [6.07, 6.45) is 2.03. The van der Waals surface area contributed by atoms with Crippen LogP contribution in [0.15, 0.2) is 90.0 Å². The van der Waals surface area contributed by atoms with E-state index in [4.69, 9.17) is 0 Å². The van der Waals surface area contributed by atoms with Crippen molar-refractivity contribution in [3.05, 3.63) is 90.6 Å². The fourth-order valence-electron chi connectivity index (χ4n) is 3.04. The molecule has 1 amide bonds. The third-order valence-electron chi connectivity index (χ3n) is 4.45. The molecule has 0 bridgehead atoms. The predicted octanol–water partition coefficient (Wildman–Crippen LogP) is 5.36. The van der Waals surface area contributed by atoms with Crippen molar-refractivity contribution in [2.75, 3.05) is 12.3 Å². The number of benzene rings is 3. The highest BCUT2D eigenvalue weighted by atomic mass is 32.2. The summed E-state index contributed by atoms with van der Waals surface area (Å²) < 4.78 is 0. The van der Waals surface area contributed by atoms with Gasteiger partial charge >= 0.3 is 0 Å². The van der Waals surface area contributed by atoms with Gasteiger partial charge in [-0.3, -0.25) is 4.79 Å². The van der Waals surface area contributed by atoms with Crippen LogP contribution in [0.2, 0.25) is 0 Å². The minimum Gasteiger partial charge on any atom is -0.360 e. The molecule has 3 nitrogen and oxygen atoms in total. The fraction of sp³-hybridized carbons (Fsp3) is 0.0870. The van der Waals surface area contributed by atoms with Gasteiger partial charge in [-0.1, -0.05) is 60.7 Å². The quantitative estimate of drug-likeness (QED) is 0.354. The van der Waals surface area contributed by atoms with Gasteiger partial charge in [0.25, 0.3) is 5.91 Å². The van der Waals surface area contributed by atoms with Crippen LogP contribution in [0.3, 0.4) is 0 Å². The van der Waals surface area contributed by atoms with Crippen LogP contribution < -0.4 is 5.32 Å². The third kappa shape index (κ3) is 4.07. The molecule has 134 valence electrons. The molecule has 0 aliphatic carbocycles. The molecule has 0 aliphatic heterocycles. The van der Waals surface area contributed by atoms with Crippen molar-refractivity contribution < 1.29 is 4.79 Å². The van der Waals surface area contributed by atoms with E-state index in [0.717, 1.165) is 22.4 Å². The molecule has 0 radical (unpaired) electrons. The van der Waals surface area contributed by atoms with Gasteiger partial charge < -0.3 is 10.3 Å².